The molecule has 0 aliphatic heterocycles. The maximum atomic E-state index is 12.0. The van der Waals surface area contributed by atoms with E-state index in [1.54, 1.807) is 18.2 Å². The zero-order valence-electron chi connectivity index (χ0n) is 9.08. The van der Waals surface area contributed by atoms with E-state index in [1.165, 1.54) is 0 Å². The summed E-state index contributed by atoms with van der Waals surface area (Å²) in [6.07, 6.45) is 0. The highest BCUT2D eigenvalue weighted by molar-refractivity contribution is 9.10. The third-order valence-electron chi connectivity index (χ3n) is 2.27. The van der Waals surface area contributed by atoms with Crippen molar-refractivity contribution in [2.45, 2.75) is 13.8 Å². The van der Waals surface area contributed by atoms with Crippen LogP contribution in [-0.4, -0.2) is 5.78 Å². The highest BCUT2D eigenvalue weighted by Gasteiger charge is 2.13. The lowest BCUT2D eigenvalue weighted by Gasteiger charge is -2.01. The molecule has 0 N–H and O–H groups in total. The first-order chi connectivity index (χ1) is 7.56. The normalized spacial score (nSPS) is 10.4. The summed E-state index contributed by atoms with van der Waals surface area (Å²) >= 11 is 3.38. The standard InChI is InChI=1S/C13H11BrO2/c1-8-5-10(7-11(14)6-8)13(15)12-4-3-9(2)16-12/h3-7H,1-2H3. The van der Waals surface area contributed by atoms with Gasteiger partial charge in [-0.15, -0.1) is 0 Å². The van der Waals surface area contributed by atoms with Crippen molar-refractivity contribution >= 4 is 21.7 Å². The molecule has 1 aromatic heterocycles. The molecule has 82 valence electrons. The summed E-state index contributed by atoms with van der Waals surface area (Å²) in [5.41, 5.74) is 1.68. The smallest absolute Gasteiger partial charge is 0.228 e. The highest BCUT2D eigenvalue weighted by Crippen LogP contribution is 2.19. The molecule has 3 heteroatoms. The Hall–Kier alpha value is -1.35. The second kappa shape index (κ2) is 4.26. The summed E-state index contributed by atoms with van der Waals surface area (Å²) in [6, 6.07) is 9.11. The van der Waals surface area contributed by atoms with E-state index in [0.29, 0.717) is 11.3 Å². The fourth-order valence-electron chi connectivity index (χ4n) is 1.57. The Balaban J connectivity index is 2.41. The fraction of sp³-hybridized carbons (Fsp3) is 0.154. The number of hydrogen-bond acceptors (Lipinski definition) is 2. The maximum Gasteiger partial charge on any atom is 0.228 e. The second-order valence-electron chi connectivity index (χ2n) is 3.76. The van der Waals surface area contributed by atoms with Crippen molar-refractivity contribution in [3.8, 4) is 0 Å². The molecule has 0 spiro atoms. The number of halogens is 1. The van der Waals surface area contributed by atoms with Gasteiger partial charge in [-0.2, -0.15) is 0 Å². The van der Waals surface area contributed by atoms with Crippen LogP contribution in [0.2, 0.25) is 0 Å². The van der Waals surface area contributed by atoms with Crippen LogP contribution >= 0.6 is 15.9 Å². The van der Waals surface area contributed by atoms with Gasteiger partial charge in [0.25, 0.3) is 0 Å². The summed E-state index contributed by atoms with van der Waals surface area (Å²) in [4.78, 5) is 12.0. The third-order valence-corrected chi connectivity index (χ3v) is 2.73. The lowest BCUT2D eigenvalue weighted by molar-refractivity contribution is 0.101. The van der Waals surface area contributed by atoms with E-state index in [-0.39, 0.29) is 5.78 Å². The number of aryl methyl sites for hydroxylation is 2. The molecular weight excluding hydrogens is 268 g/mol. The molecule has 0 aliphatic rings. The third kappa shape index (κ3) is 2.25. The van der Waals surface area contributed by atoms with Gasteiger partial charge in [-0.25, -0.2) is 0 Å². The molecule has 0 unspecified atom stereocenters. The first kappa shape index (κ1) is 11.1. The van der Waals surface area contributed by atoms with Crippen molar-refractivity contribution in [3.63, 3.8) is 0 Å². The number of rotatable bonds is 2. The van der Waals surface area contributed by atoms with Gasteiger partial charge in [-0.1, -0.05) is 15.9 Å². The van der Waals surface area contributed by atoms with E-state index >= 15 is 0 Å². The van der Waals surface area contributed by atoms with Crippen LogP contribution in [0.25, 0.3) is 0 Å². The van der Waals surface area contributed by atoms with Gasteiger partial charge in [0.2, 0.25) is 5.78 Å². The molecule has 0 atom stereocenters. The first-order valence-corrected chi connectivity index (χ1v) is 5.74. The molecule has 16 heavy (non-hydrogen) atoms. The van der Waals surface area contributed by atoms with Crippen LogP contribution in [0.15, 0.2) is 39.2 Å². The molecule has 2 aromatic rings. The van der Waals surface area contributed by atoms with Crippen LogP contribution in [-0.2, 0) is 0 Å². The summed E-state index contributed by atoms with van der Waals surface area (Å²) in [5.74, 6) is 1.04. The van der Waals surface area contributed by atoms with Gasteiger partial charge in [0.15, 0.2) is 5.76 Å². The Labute approximate surface area is 102 Å². The van der Waals surface area contributed by atoms with Crippen LogP contribution in [0.5, 0.6) is 0 Å². The van der Waals surface area contributed by atoms with Crippen LogP contribution in [0, 0.1) is 13.8 Å². The minimum absolute atomic E-state index is 0.0856. The van der Waals surface area contributed by atoms with Crippen LogP contribution in [0.4, 0.5) is 0 Å². The Morgan fingerprint density at radius 1 is 1.19 bits per heavy atom. The van der Waals surface area contributed by atoms with Crippen molar-refractivity contribution in [2.75, 3.05) is 0 Å². The largest absolute Gasteiger partial charge is 0.458 e. The molecule has 1 heterocycles. The number of hydrogen-bond donors (Lipinski definition) is 0. The van der Waals surface area contributed by atoms with Gasteiger partial charge < -0.3 is 4.42 Å². The average molecular weight is 279 g/mol. The quantitative estimate of drug-likeness (QED) is 0.781. The van der Waals surface area contributed by atoms with Gasteiger partial charge in [0.1, 0.15) is 5.76 Å². The van der Waals surface area contributed by atoms with Crippen LogP contribution in [0.1, 0.15) is 27.4 Å². The Kier molecular flexibility index (Phi) is 2.97. The molecular formula is C13H11BrO2. The molecule has 0 aliphatic carbocycles. The van der Waals surface area contributed by atoms with Crippen molar-refractivity contribution in [3.05, 3.63) is 57.5 Å². The summed E-state index contributed by atoms with van der Waals surface area (Å²) in [6.45, 7) is 3.78. The highest BCUT2D eigenvalue weighted by atomic mass is 79.9. The van der Waals surface area contributed by atoms with E-state index in [1.807, 2.05) is 26.0 Å². The lowest BCUT2D eigenvalue weighted by Crippen LogP contribution is -2.00. The Morgan fingerprint density at radius 3 is 2.50 bits per heavy atom. The van der Waals surface area contributed by atoms with Gasteiger partial charge in [0, 0.05) is 10.0 Å². The van der Waals surface area contributed by atoms with Crippen molar-refractivity contribution < 1.29 is 9.21 Å². The topological polar surface area (TPSA) is 30.2 Å². The maximum absolute atomic E-state index is 12.0. The predicted molar refractivity (Wildman–Crippen MR) is 65.8 cm³/mol. The lowest BCUT2D eigenvalue weighted by atomic mass is 10.1. The first-order valence-electron chi connectivity index (χ1n) is 4.94. The summed E-state index contributed by atoms with van der Waals surface area (Å²) < 4.78 is 6.22. The fourth-order valence-corrected chi connectivity index (χ4v) is 2.17. The van der Waals surface area contributed by atoms with Crippen LogP contribution < -0.4 is 0 Å². The molecule has 0 amide bonds. The molecule has 0 fully saturated rings. The van der Waals surface area contributed by atoms with Crippen molar-refractivity contribution in [1.82, 2.24) is 0 Å². The molecule has 0 saturated carbocycles. The minimum Gasteiger partial charge on any atom is -0.458 e. The van der Waals surface area contributed by atoms with Crippen LogP contribution in [0.3, 0.4) is 0 Å². The Morgan fingerprint density at radius 2 is 1.94 bits per heavy atom. The molecule has 1 aromatic carbocycles. The molecule has 2 rings (SSSR count). The summed E-state index contributed by atoms with van der Waals surface area (Å²) in [7, 11) is 0. The van der Waals surface area contributed by atoms with E-state index < -0.39 is 0 Å². The SMILES string of the molecule is Cc1cc(Br)cc(C(=O)c2ccc(C)o2)c1. The van der Waals surface area contributed by atoms with Crippen molar-refractivity contribution in [2.24, 2.45) is 0 Å². The predicted octanol–water partition coefficient (Wildman–Crippen LogP) is 3.89. The zero-order valence-corrected chi connectivity index (χ0v) is 10.7. The molecule has 0 radical (unpaired) electrons. The number of carbonyl (C=O) groups excluding carboxylic acids is 1. The number of benzene rings is 1. The van der Waals surface area contributed by atoms with E-state index in [2.05, 4.69) is 15.9 Å². The Bertz CT molecular complexity index is 520. The van der Waals surface area contributed by atoms with Gasteiger partial charge in [-0.3, -0.25) is 4.79 Å². The molecule has 0 saturated heterocycles. The van der Waals surface area contributed by atoms with E-state index in [9.17, 15) is 4.79 Å². The van der Waals surface area contributed by atoms with Crippen molar-refractivity contribution in [1.29, 1.82) is 0 Å². The number of ketones is 1. The van der Waals surface area contributed by atoms with E-state index in [4.69, 9.17) is 4.42 Å². The number of carbonyl (C=O) groups is 1. The summed E-state index contributed by atoms with van der Waals surface area (Å²) in [5, 5.41) is 0. The second-order valence-corrected chi connectivity index (χ2v) is 4.67. The molecule has 0 bridgehead atoms. The average Bonchev–Trinajstić information content (AvgIpc) is 2.62. The monoisotopic (exact) mass is 278 g/mol. The number of furan rings is 1. The minimum atomic E-state index is -0.0856. The van der Waals surface area contributed by atoms with Gasteiger partial charge in [-0.05, 0) is 49.7 Å². The van der Waals surface area contributed by atoms with Gasteiger partial charge in [0.05, 0.1) is 0 Å². The molecule has 2 nitrogen and oxygen atoms in total. The van der Waals surface area contributed by atoms with Gasteiger partial charge >= 0.3 is 0 Å². The zero-order chi connectivity index (χ0) is 11.7. The van der Waals surface area contributed by atoms with E-state index in [0.717, 1.165) is 15.8 Å².